The highest BCUT2D eigenvalue weighted by molar-refractivity contribution is 6.06. The molecule has 0 aromatic heterocycles. The van der Waals surface area contributed by atoms with Gasteiger partial charge in [-0.1, -0.05) is 30.3 Å². The van der Waals surface area contributed by atoms with Gasteiger partial charge < -0.3 is 15.2 Å². The van der Waals surface area contributed by atoms with Gasteiger partial charge in [0.05, 0.1) is 13.5 Å². The third kappa shape index (κ3) is 4.82. The summed E-state index contributed by atoms with van der Waals surface area (Å²) in [6, 6.07) is 17.6. The van der Waals surface area contributed by atoms with E-state index in [4.69, 9.17) is 4.74 Å². The minimum absolute atomic E-state index is 0.0913. The van der Waals surface area contributed by atoms with Crippen molar-refractivity contribution < 1.29 is 19.0 Å². The summed E-state index contributed by atoms with van der Waals surface area (Å²) in [6.07, 6.45) is 2.83. The molecule has 0 radical (unpaired) electrons. The summed E-state index contributed by atoms with van der Waals surface area (Å²) in [7, 11) is 1.51. The molecule has 0 aliphatic heterocycles. The summed E-state index contributed by atoms with van der Waals surface area (Å²) >= 11 is 0. The maximum Gasteiger partial charge on any atom is 0.228 e. The lowest BCUT2D eigenvalue weighted by Gasteiger charge is -2.09. The molecular formula is C28H26FNO3. The molecule has 1 aliphatic rings. The number of allylic oxidation sites excluding steroid dienone is 3. The number of rotatable bonds is 6. The maximum atomic E-state index is 14.1. The molecule has 0 fully saturated rings. The second-order valence-electron chi connectivity index (χ2n) is 8.22. The minimum Gasteiger partial charge on any atom is -0.504 e. The van der Waals surface area contributed by atoms with Crippen LogP contribution in [0, 0.1) is 12.7 Å². The predicted molar refractivity (Wildman–Crippen MR) is 130 cm³/mol. The molecule has 4 rings (SSSR count). The lowest BCUT2D eigenvalue weighted by molar-refractivity contribution is -0.115. The number of anilines is 1. The number of hydrogen-bond donors (Lipinski definition) is 2. The molecule has 0 heterocycles. The smallest absolute Gasteiger partial charge is 0.228 e. The summed E-state index contributed by atoms with van der Waals surface area (Å²) in [5, 5.41) is 12.8. The Morgan fingerprint density at radius 2 is 1.88 bits per heavy atom. The van der Waals surface area contributed by atoms with Crippen LogP contribution in [0.1, 0.15) is 35.6 Å². The molecule has 3 aromatic carbocycles. The second kappa shape index (κ2) is 9.33. The van der Waals surface area contributed by atoms with Crippen LogP contribution in [0.2, 0.25) is 0 Å². The molecular weight excluding hydrogens is 417 g/mol. The van der Waals surface area contributed by atoms with Crippen molar-refractivity contribution in [2.45, 2.75) is 26.7 Å². The van der Waals surface area contributed by atoms with E-state index in [-0.39, 0.29) is 23.9 Å². The Morgan fingerprint density at radius 3 is 2.64 bits per heavy atom. The predicted octanol–water partition coefficient (Wildman–Crippen LogP) is 6.29. The number of carbonyl (C=O) groups excluding carboxylic acids is 1. The van der Waals surface area contributed by atoms with Gasteiger partial charge in [0.25, 0.3) is 0 Å². The van der Waals surface area contributed by atoms with Gasteiger partial charge in [0.2, 0.25) is 5.91 Å². The van der Waals surface area contributed by atoms with Gasteiger partial charge in [-0.25, -0.2) is 4.39 Å². The largest absolute Gasteiger partial charge is 0.504 e. The third-order valence-electron chi connectivity index (χ3n) is 5.88. The van der Waals surface area contributed by atoms with Crippen molar-refractivity contribution in [2.75, 3.05) is 12.4 Å². The number of methoxy groups -OCH3 is 1. The number of hydrogen-bond acceptors (Lipinski definition) is 3. The summed E-state index contributed by atoms with van der Waals surface area (Å²) in [5.41, 5.74) is 7.21. The first-order chi connectivity index (χ1) is 15.9. The molecule has 0 saturated carbocycles. The van der Waals surface area contributed by atoms with Gasteiger partial charge in [-0.3, -0.25) is 4.79 Å². The van der Waals surface area contributed by atoms with Crippen LogP contribution in [-0.4, -0.2) is 18.1 Å². The van der Waals surface area contributed by atoms with E-state index < -0.39 is 0 Å². The highest BCUT2D eigenvalue weighted by Gasteiger charge is 2.25. The molecule has 0 unspecified atom stereocenters. The number of nitrogens with one attached hydrogen (secondary N) is 1. The first-order valence-electron chi connectivity index (χ1n) is 10.8. The second-order valence-corrected chi connectivity index (χ2v) is 8.22. The quantitative estimate of drug-likeness (QED) is 0.471. The molecule has 2 N–H and O–H groups in total. The van der Waals surface area contributed by atoms with E-state index in [1.165, 1.54) is 19.2 Å². The number of amides is 1. The molecule has 5 heteroatoms. The molecule has 33 heavy (non-hydrogen) atoms. The number of benzene rings is 3. The zero-order valence-electron chi connectivity index (χ0n) is 18.9. The van der Waals surface area contributed by atoms with Crippen LogP contribution in [0.15, 0.2) is 72.3 Å². The van der Waals surface area contributed by atoms with Crippen LogP contribution in [0.25, 0.3) is 11.1 Å². The normalized spacial score (nSPS) is 13.9. The molecule has 0 atom stereocenters. The zero-order valence-corrected chi connectivity index (χ0v) is 18.9. The Labute approximate surface area is 193 Å². The SMILES string of the molecule is COc1cc(C/C=C2/C(C)=C(CC(=O)Nc3cccc(C)c3)c3cc(F)ccc32)ccc1O. The van der Waals surface area contributed by atoms with E-state index in [1.54, 1.807) is 18.2 Å². The lowest BCUT2D eigenvalue weighted by Crippen LogP contribution is -2.12. The molecule has 0 bridgehead atoms. The van der Waals surface area contributed by atoms with Crippen molar-refractivity contribution in [3.05, 3.63) is 100 Å². The van der Waals surface area contributed by atoms with E-state index in [9.17, 15) is 14.3 Å². The Kier molecular flexibility index (Phi) is 6.31. The third-order valence-corrected chi connectivity index (χ3v) is 5.88. The summed E-state index contributed by atoms with van der Waals surface area (Å²) in [4.78, 5) is 12.8. The number of aromatic hydroxyl groups is 1. The zero-order chi connectivity index (χ0) is 23.5. The number of fused-ring (bicyclic) bond motifs is 1. The van der Waals surface area contributed by atoms with Crippen LogP contribution in [0.3, 0.4) is 0 Å². The van der Waals surface area contributed by atoms with E-state index in [1.807, 2.05) is 44.2 Å². The van der Waals surface area contributed by atoms with E-state index in [2.05, 4.69) is 11.4 Å². The standard InChI is InChI=1S/C28H26FNO3/c1-17-5-4-6-21(13-17)30-28(32)16-24-18(2)22(23-11-9-20(29)15-25(23)24)10-7-19-8-12-26(31)27(14-19)33-3/h4-6,8-15,31H,7,16H2,1-3H3,(H,30,32)/b22-10-. The van der Waals surface area contributed by atoms with Crippen LogP contribution in [0.4, 0.5) is 10.1 Å². The van der Waals surface area contributed by atoms with E-state index >= 15 is 0 Å². The first-order valence-corrected chi connectivity index (χ1v) is 10.8. The lowest BCUT2D eigenvalue weighted by atomic mass is 10.0. The van der Waals surface area contributed by atoms with Gasteiger partial charge in [0.1, 0.15) is 5.82 Å². The van der Waals surface area contributed by atoms with Crippen LogP contribution in [-0.2, 0) is 11.2 Å². The van der Waals surface area contributed by atoms with Crippen molar-refractivity contribution in [1.29, 1.82) is 0 Å². The average Bonchev–Trinajstić information content (AvgIpc) is 3.03. The number of phenolic OH excluding ortho intramolecular Hbond substituents is 1. The molecule has 1 aliphatic carbocycles. The Balaban J connectivity index is 1.63. The fraction of sp³-hybridized carbons (Fsp3) is 0.179. The Bertz CT molecular complexity index is 1290. The molecule has 1 amide bonds. The Morgan fingerprint density at radius 1 is 1.06 bits per heavy atom. The topological polar surface area (TPSA) is 58.6 Å². The van der Waals surface area contributed by atoms with Gasteiger partial charge in [-0.2, -0.15) is 0 Å². The molecule has 4 nitrogen and oxygen atoms in total. The molecule has 0 spiro atoms. The van der Waals surface area contributed by atoms with Gasteiger partial charge in [-0.15, -0.1) is 0 Å². The van der Waals surface area contributed by atoms with Crippen molar-refractivity contribution >= 4 is 22.7 Å². The number of carbonyl (C=O) groups is 1. The van der Waals surface area contributed by atoms with Crippen molar-refractivity contribution in [2.24, 2.45) is 0 Å². The van der Waals surface area contributed by atoms with Crippen molar-refractivity contribution in [3.8, 4) is 11.5 Å². The minimum atomic E-state index is -0.331. The van der Waals surface area contributed by atoms with E-state index in [0.29, 0.717) is 12.2 Å². The van der Waals surface area contributed by atoms with Gasteiger partial charge in [0, 0.05) is 5.69 Å². The molecule has 0 saturated heterocycles. The monoisotopic (exact) mass is 443 g/mol. The molecule has 168 valence electrons. The first kappa shape index (κ1) is 22.3. The fourth-order valence-electron chi connectivity index (χ4n) is 4.22. The summed E-state index contributed by atoms with van der Waals surface area (Å²) in [6.45, 7) is 3.94. The highest BCUT2D eigenvalue weighted by atomic mass is 19.1. The van der Waals surface area contributed by atoms with Crippen LogP contribution < -0.4 is 10.1 Å². The van der Waals surface area contributed by atoms with Crippen LogP contribution >= 0.6 is 0 Å². The van der Waals surface area contributed by atoms with Crippen molar-refractivity contribution in [1.82, 2.24) is 0 Å². The van der Waals surface area contributed by atoms with Gasteiger partial charge in [0.15, 0.2) is 11.5 Å². The van der Waals surface area contributed by atoms with Gasteiger partial charge >= 0.3 is 0 Å². The number of aryl methyl sites for hydroxylation is 1. The summed E-state index contributed by atoms with van der Waals surface area (Å²) < 4.78 is 19.3. The molecule has 3 aromatic rings. The van der Waals surface area contributed by atoms with Crippen molar-refractivity contribution in [3.63, 3.8) is 0 Å². The summed E-state index contributed by atoms with van der Waals surface area (Å²) in [5.74, 6) is 0.0338. The average molecular weight is 444 g/mol. The maximum absolute atomic E-state index is 14.1. The highest BCUT2D eigenvalue weighted by Crippen LogP contribution is 2.43. The van der Waals surface area contributed by atoms with Crippen LogP contribution in [0.5, 0.6) is 11.5 Å². The number of phenols is 1. The Hall–Kier alpha value is -3.86. The number of ether oxygens (including phenoxy) is 1. The fourth-order valence-corrected chi connectivity index (χ4v) is 4.22. The van der Waals surface area contributed by atoms with Gasteiger partial charge in [-0.05, 0) is 95.6 Å². The number of halogens is 1. The van der Waals surface area contributed by atoms with E-state index in [0.717, 1.165) is 44.7 Å².